The molecule has 0 spiro atoms. The third-order valence-electron chi connectivity index (χ3n) is 5.05. The van der Waals surface area contributed by atoms with Crippen LogP contribution in [0.25, 0.3) is 10.9 Å². The molecule has 0 fully saturated rings. The molecule has 2 atom stereocenters. The molecule has 1 aliphatic heterocycles. The van der Waals surface area contributed by atoms with Crippen molar-refractivity contribution in [3.63, 3.8) is 0 Å². The maximum atomic E-state index is 10.6. The summed E-state index contributed by atoms with van der Waals surface area (Å²) in [5, 5.41) is 13.5. The quantitative estimate of drug-likeness (QED) is 0.575. The van der Waals surface area contributed by atoms with Crippen LogP contribution in [-0.4, -0.2) is 28.1 Å². The third-order valence-corrected chi connectivity index (χ3v) is 6.02. The van der Waals surface area contributed by atoms with E-state index in [-0.39, 0.29) is 0 Å². The van der Waals surface area contributed by atoms with E-state index in [9.17, 15) is 5.11 Å². The Morgan fingerprint density at radius 1 is 1.15 bits per heavy atom. The Kier molecular flexibility index (Phi) is 4.93. The average molecular weight is 410 g/mol. The van der Waals surface area contributed by atoms with Gasteiger partial charge >= 0.3 is 0 Å². The van der Waals surface area contributed by atoms with Crippen LogP contribution in [0.1, 0.15) is 35.8 Å². The van der Waals surface area contributed by atoms with Crippen molar-refractivity contribution in [2.45, 2.75) is 25.5 Å². The minimum absolute atomic E-state index is 0.354. The van der Waals surface area contributed by atoms with Gasteiger partial charge in [-0.25, -0.2) is 0 Å². The first-order chi connectivity index (χ1) is 12.4. The number of hydrogen-bond acceptors (Lipinski definition) is 2. The summed E-state index contributed by atoms with van der Waals surface area (Å²) in [7, 11) is 0. The molecule has 136 valence electrons. The van der Waals surface area contributed by atoms with Crippen molar-refractivity contribution in [1.29, 1.82) is 0 Å². The molecule has 1 aromatic heterocycles. The fourth-order valence-electron chi connectivity index (χ4n) is 3.90. The summed E-state index contributed by atoms with van der Waals surface area (Å²) < 4.78 is 0. The number of aliphatic hydroxyl groups is 1. The van der Waals surface area contributed by atoms with Gasteiger partial charge in [-0.05, 0) is 47.4 Å². The topological polar surface area (TPSA) is 39.3 Å². The van der Waals surface area contributed by atoms with Gasteiger partial charge in [-0.3, -0.25) is 4.90 Å². The number of halogens is 3. The second-order valence-corrected chi connectivity index (χ2v) is 8.24. The molecule has 1 aliphatic rings. The molecule has 0 saturated heterocycles. The van der Waals surface area contributed by atoms with Crippen molar-refractivity contribution >= 4 is 45.7 Å². The van der Waals surface area contributed by atoms with Crippen molar-refractivity contribution in [3.05, 3.63) is 68.3 Å². The molecule has 0 radical (unpaired) electrons. The fourth-order valence-corrected chi connectivity index (χ4v) is 4.38. The molecule has 0 bridgehead atoms. The minimum atomic E-state index is -0.614. The molecule has 3 aromatic rings. The summed E-state index contributed by atoms with van der Waals surface area (Å²) in [6, 6.07) is 11.2. The lowest BCUT2D eigenvalue weighted by molar-refractivity contribution is 0.100. The van der Waals surface area contributed by atoms with Crippen LogP contribution in [0.2, 0.25) is 15.1 Å². The molecule has 26 heavy (non-hydrogen) atoms. The Morgan fingerprint density at radius 3 is 2.73 bits per heavy atom. The number of β-amino-alcohol motifs (C(OH)–C–C–N with tert-alkyl or cyclic N) is 1. The molecule has 4 rings (SSSR count). The van der Waals surface area contributed by atoms with E-state index < -0.39 is 6.10 Å². The van der Waals surface area contributed by atoms with Gasteiger partial charge in [0.05, 0.1) is 16.1 Å². The molecule has 3 nitrogen and oxygen atoms in total. The zero-order valence-corrected chi connectivity index (χ0v) is 16.5. The second kappa shape index (κ2) is 7.06. The Balaban J connectivity index is 1.57. The average Bonchev–Trinajstić information content (AvgIpc) is 2.95. The van der Waals surface area contributed by atoms with E-state index in [4.69, 9.17) is 34.8 Å². The summed E-state index contributed by atoms with van der Waals surface area (Å²) in [5.41, 5.74) is 4.42. The number of aliphatic hydroxyl groups excluding tert-OH is 1. The van der Waals surface area contributed by atoms with Gasteiger partial charge in [-0.1, -0.05) is 47.8 Å². The van der Waals surface area contributed by atoms with Crippen LogP contribution in [0.4, 0.5) is 0 Å². The van der Waals surface area contributed by atoms with Crippen molar-refractivity contribution in [1.82, 2.24) is 9.88 Å². The van der Waals surface area contributed by atoms with Gasteiger partial charge in [-0.15, -0.1) is 0 Å². The zero-order chi connectivity index (χ0) is 18.4. The molecule has 0 aliphatic carbocycles. The molecule has 0 amide bonds. The van der Waals surface area contributed by atoms with E-state index in [1.54, 1.807) is 12.1 Å². The van der Waals surface area contributed by atoms with Crippen molar-refractivity contribution in [2.75, 3.05) is 13.1 Å². The third kappa shape index (κ3) is 3.35. The van der Waals surface area contributed by atoms with Crippen LogP contribution in [0, 0.1) is 0 Å². The van der Waals surface area contributed by atoms with E-state index >= 15 is 0 Å². The molecule has 0 saturated carbocycles. The van der Waals surface area contributed by atoms with Gasteiger partial charge in [0.1, 0.15) is 0 Å². The van der Waals surface area contributed by atoms with E-state index in [1.165, 1.54) is 16.6 Å². The monoisotopic (exact) mass is 408 g/mol. The van der Waals surface area contributed by atoms with Crippen molar-refractivity contribution in [3.8, 4) is 0 Å². The van der Waals surface area contributed by atoms with Gasteiger partial charge in [0.25, 0.3) is 0 Å². The van der Waals surface area contributed by atoms with Crippen LogP contribution >= 0.6 is 34.8 Å². The van der Waals surface area contributed by atoms with Gasteiger partial charge in [0, 0.05) is 41.3 Å². The lowest BCUT2D eigenvalue weighted by Crippen LogP contribution is -2.35. The Labute approximate surface area is 167 Å². The zero-order valence-electron chi connectivity index (χ0n) is 14.3. The highest BCUT2D eigenvalue weighted by Gasteiger charge is 2.27. The van der Waals surface area contributed by atoms with Crippen LogP contribution < -0.4 is 0 Å². The lowest BCUT2D eigenvalue weighted by atomic mass is 9.93. The van der Waals surface area contributed by atoms with Crippen LogP contribution in [-0.2, 0) is 6.54 Å². The largest absolute Gasteiger partial charge is 0.387 e. The summed E-state index contributed by atoms with van der Waals surface area (Å²) >= 11 is 18.2. The summed E-state index contributed by atoms with van der Waals surface area (Å²) in [6.07, 6.45) is -0.614. The van der Waals surface area contributed by atoms with Crippen molar-refractivity contribution in [2.24, 2.45) is 0 Å². The number of nitrogens with zero attached hydrogens (tertiary/aromatic N) is 1. The highest BCUT2D eigenvalue weighted by Crippen LogP contribution is 2.36. The van der Waals surface area contributed by atoms with Crippen LogP contribution in [0.15, 0.2) is 36.4 Å². The molecule has 2 aromatic carbocycles. The molecular weight excluding hydrogens is 391 g/mol. The first-order valence-electron chi connectivity index (χ1n) is 8.57. The normalized spacial score (nSPS) is 18.9. The number of H-pyrrole nitrogens is 1. The molecule has 2 heterocycles. The smallest absolute Gasteiger partial charge is 0.0917 e. The van der Waals surface area contributed by atoms with E-state index in [0.29, 0.717) is 22.5 Å². The summed E-state index contributed by atoms with van der Waals surface area (Å²) in [4.78, 5) is 5.77. The predicted octanol–water partition coefficient (Wildman–Crippen LogP) is 5.78. The van der Waals surface area contributed by atoms with Crippen molar-refractivity contribution < 1.29 is 5.11 Å². The number of benzene rings is 2. The van der Waals surface area contributed by atoms with E-state index in [2.05, 4.69) is 16.8 Å². The highest BCUT2D eigenvalue weighted by molar-refractivity contribution is 6.42. The number of hydrogen-bond donors (Lipinski definition) is 2. The first-order valence-corrected chi connectivity index (χ1v) is 9.71. The minimum Gasteiger partial charge on any atom is -0.387 e. The number of fused-ring (bicyclic) bond motifs is 3. The van der Waals surface area contributed by atoms with E-state index in [1.807, 2.05) is 24.3 Å². The Morgan fingerprint density at radius 2 is 1.96 bits per heavy atom. The summed E-state index contributed by atoms with van der Waals surface area (Å²) in [5.74, 6) is 0.354. The molecule has 6 heteroatoms. The maximum absolute atomic E-state index is 10.6. The fraction of sp³-hybridized carbons (Fsp3) is 0.300. The highest BCUT2D eigenvalue weighted by atomic mass is 35.5. The van der Waals surface area contributed by atoms with Gasteiger partial charge < -0.3 is 10.1 Å². The number of aromatic nitrogens is 1. The maximum Gasteiger partial charge on any atom is 0.0917 e. The first kappa shape index (κ1) is 18.1. The molecular formula is C20H19Cl3N2O. The number of rotatable bonds is 3. The van der Waals surface area contributed by atoms with Crippen LogP contribution in [0.5, 0.6) is 0 Å². The standard InChI is InChI=1S/C20H19Cl3N2O/c1-11-8-25(10-19(26)12-2-4-15(22)16(23)6-12)9-18-20(11)14-7-13(21)3-5-17(14)24-18/h2-7,11,19,24,26H,8-10H2,1H3. The molecule has 2 unspecified atom stereocenters. The van der Waals surface area contributed by atoms with Gasteiger partial charge in [0.2, 0.25) is 0 Å². The predicted molar refractivity (Wildman–Crippen MR) is 108 cm³/mol. The molecule has 2 N–H and O–H groups in total. The van der Waals surface area contributed by atoms with E-state index in [0.717, 1.165) is 29.2 Å². The Bertz CT molecular complexity index is 969. The Hall–Kier alpha value is -1.23. The second-order valence-electron chi connectivity index (χ2n) is 6.99. The number of aromatic amines is 1. The SMILES string of the molecule is CC1CN(CC(O)c2ccc(Cl)c(Cl)c2)Cc2[nH]c3ccc(Cl)cc3c21. The van der Waals surface area contributed by atoms with Crippen LogP contribution in [0.3, 0.4) is 0 Å². The summed E-state index contributed by atoms with van der Waals surface area (Å²) in [6.45, 7) is 4.40. The number of nitrogens with one attached hydrogen (secondary N) is 1. The lowest BCUT2D eigenvalue weighted by Gasteiger charge is -2.32. The van der Waals surface area contributed by atoms with Gasteiger partial charge in [-0.2, -0.15) is 0 Å². The van der Waals surface area contributed by atoms with Gasteiger partial charge in [0.15, 0.2) is 0 Å².